The lowest BCUT2D eigenvalue weighted by atomic mass is 9.82. The predicted molar refractivity (Wildman–Crippen MR) is 179 cm³/mol. The number of benzene rings is 6. The SMILES string of the molecule is CC1(C)c2ccccc2-c2ccc(N(c3ccccc3)c3ccc4oc5cccc(-c6nc7ccccc7o6)c5c4c3)cc21. The highest BCUT2D eigenvalue weighted by Crippen LogP contribution is 2.51. The fourth-order valence-electron chi connectivity index (χ4n) is 6.98. The summed E-state index contributed by atoms with van der Waals surface area (Å²) in [5, 5.41) is 2.01. The van der Waals surface area contributed by atoms with E-state index in [-0.39, 0.29) is 5.41 Å². The van der Waals surface area contributed by atoms with Crippen molar-refractivity contribution in [3.63, 3.8) is 0 Å². The van der Waals surface area contributed by atoms with Crippen molar-refractivity contribution in [2.75, 3.05) is 4.90 Å². The van der Waals surface area contributed by atoms with E-state index in [1.54, 1.807) is 0 Å². The van der Waals surface area contributed by atoms with Gasteiger partial charge in [-0.25, -0.2) is 4.98 Å². The molecule has 6 aromatic carbocycles. The minimum atomic E-state index is -0.0938. The first-order chi connectivity index (χ1) is 21.6. The van der Waals surface area contributed by atoms with Gasteiger partial charge in [0.1, 0.15) is 16.7 Å². The molecule has 1 aliphatic carbocycles. The van der Waals surface area contributed by atoms with Crippen molar-refractivity contribution < 1.29 is 8.83 Å². The lowest BCUT2D eigenvalue weighted by molar-refractivity contribution is 0.620. The quantitative estimate of drug-likeness (QED) is 0.212. The van der Waals surface area contributed by atoms with Crippen LogP contribution in [-0.4, -0.2) is 4.98 Å². The number of nitrogens with zero attached hydrogens (tertiary/aromatic N) is 2. The Balaban J connectivity index is 1.25. The molecule has 44 heavy (non-hydrogen) atoms. The molecule has 0 N–H and O–H groups in total. The molecule has 2 aromatic heterocycles. The zero-order valence-corrected chi connectivity index (χ0v) is 24.4. The number of para-hydroxylation sites is 3. The van der Waals surface area contributed by atoms with Crippen molar-refractivity contribution in [1.29, 1.82) is 0 Å². The van der Waals surface area contributed by atoms with Gasteiger partial charge in [-0.2, -0.15) is 0 Å². The molecule has 8 aromatic rings. The monoisotopic (exact) mass is 568 g/mol. The molecule has 2 heterocycles. The average Bonchev–Trinajstić information content (AvgIpc) is 3.72. The molecule has 0 amide bonds. The Kier molecular flexibility index (Phi) is 5.21. The summed E-state index contributed by atoms with van der Waals surface area (Å²) in [7, 11) is 0. The van der Waals surface area contributed by atoms with Gasteiger partial charge in [0.25, 0.3) is 0 Å². The van der Waals surface area contributed by atoms with Crippen molar-refractivity contribution in [3.8, 4) is 22.6 Å². The maximum absolute atomic E-state index is 6.37. The number of fused-ring (bicyclic) bond motifs is 7. The summed E-state index contributed by atoms with van der Waals surface area (Å²) in [4.78, 5) is 7.15. The van der Waals surface area contributed by atoms with Crippen molar-refractivity contribution in [2.24, 2.45) is 0 Å². The Morgan fingerprint density at radius 3 is 2.11 bits per heavy atom. The van der Waals surface area contributed by atoms with E-state index < -0.39 is 0 Å². The second-order valence-electron chi connectivity index (χ2n) is 12.0. The van der Waals surface area contributed by atoms with Gasteiger partial charge in [0.2, 0.25) is 5.89 Å². The molecule has 1 aliphatic rings. The maximum atomic E-state index is 6.37. The number of oxazole rings is 1. The molecule has 0 radical (unpaired) electrons. The molecule has 4 nitrogen and oxygen atoms in total. The fraction of sp³-hybridized carbons (Fsp3) is 0.0750. The molecule has 0 spiro atoms. The Labute approximate surface area is 254 Å². The largest absolute Gasteiger partial charge is 0.456 e. The molecule has 210 valence electrons. The molecule has 0 aliphatic heterocycles. The molecule has 4 heteroatoms. The molecule has 0 bridgehead atoms. The van der Waals surface area contributed by atoms with Crippen molar-refractivity contribution in [3.05, 3.63) is 145 Å². The fourth-order valence-corrected chi connectivity index (χ4v) is 6.98. The number of hydrogen-bond donors (Lipinski definition) is 0. The molecule has 0 saturated carbocycles. The van der Waals surface area contributed by atoms with Crippen LogP contribution in [0.25, 0.3) is 55.6 Å². The van der Waals surface area contributed by atoms with E-state index in [2.05, 4.69) is 116 Å². The van der Waals surface area contributed by atoms with E-state index in [0.717, 1.165) is 55.7 Å². The highest BCUT2D eigenvalue weighted by Gasteiger charge is 2.35. The Bertz CT molecular complexity index is 2350. The Morgan fingerprint density at radius 1 is 0.523 bits per heavy atom. The van der Waals surface area contributed by atoms with E-state index in [4.69, 9.17) is 13.8 Å². The van der Waals surface area contributed by atoms with E-state index >= 15 is 0 Å². The summed E-state index contributed by atoms with van der Waals surface area (Å²) >= 11 is 0. The van der Waals surface area contributed by atoms with E-state index in [0.29, 0.717) is 5.89 Å². The molecule has 0 saturated heterocycles. The Hall–Kier alpha value is -5.61. The molecule has 9 rings (SSSR count). The average molecular weight is 569 g/mol. The van der Waals surface area contributed by atoms with Crippen LogP contribution >= 0.6 is 0 Å². The first-order valence-electron chi connectivity index (χ1n) is 15.0. The van der Waals surface area contributed by atoms with Crippen LogP contribution in [0.2, 0.25) is 0 Å². The topological polar surface area (TPSA) is 42.4 Å². The highest BCUT2D eigenvalue weighted by atomic mass is 16.3. The lowest BCUT2D eigenvalue weighted by Gasteiger charge is -2.28. The van der Waals surface area contributed by atoms with Gasteiger partial charge in [-0.05, 0) is 89.0 Å². The van der Waals surface area contributed by atoms with E-state index in [9.17, 15) is 0 Å². The highest BCUT2D eigenvalue weighted by molar-refractivity contribution is 6.13. The second kappa shape index (κ2) is 9.19. The first kappa shape index (κ1) is 24.9. The van der Waals surface area contributed by atoms with Gasteiger partial charge in [0, 0.05) is 38.8 Å². The smallest absolute Gasteiger partial charge is 0.228 e. The first-order valence-corrected chi connectivity index (χ1v) is 15.0. The van der Waals surface area contributed by atoms with E-state index in [1.165, 1.54) is 22.3 Å². The minimum absolute atomic E-state index is 0.0938. The lowest BCUT2D eigenvalue weighted by Crippen LogP contribution is -2.16. The number of aromatic nitrogens is 1. The Morgan fingerprint density at radius 2 is 1.23 bits per heavy atom. The zero-order valence-electron chi connectivity index (χ0n) is 24.4. The molecular formula is C40H28N2O2. The van der Waals surface area contributed by atoms with Gasteiger partial charge in [-0.3, -0.25) is 0 Å². The zero-order chi connectivity index (χ0) is 29.4. The summed E-state index contributed by atoms with van der Waals surface area (Å²) in [6, 6.07) is 46.6. The number of rotatable bonds is 4. The number of hydrogen-bond acceptors (Lipinski definition) is 4. The van der Waals surface area contributed by atoms with Crippen LogP contribution in [0, 0.1) is 0 Å². The van der Waals surface area contributed by atoms with Crippen molar-refractivity contribution >= 4 is 50.1 Å². The third kappa shape index (κ3) is 3.61. The van der Waals surface area contributed by atoms with Gasteiger partial charge in [-0.1, -0.05) is 80.6 Å². The van der Waals surface area contributed by atoms with E-state index in [1.807, 2.05) is 36.4 Å². The van der Waals surface area contributed by atoms with Crippen LogP contribution in [0.5, 0.6) is 0 Å². The normalized spacial score (nSPS) is 13.4. The summed E-state index contributed by atoms with van der Waals surface area (Å²) in [5.74, 6) is 0.588. The second-order valence-corrected chi connectivity index (χ2v) is 12.0. The third-order valence-corrected chi connectivity index (χ3v) is 9.10. The molecule has 0 fully saturated rings. The number of anilines is 3. The molecule has 0 unspecified atom stereocenters. The van der Waals surface area contributed by atoms with Gasteiger partial charge < -0.3 is 13.7 Å². The number of furan rings is 1. The van der Waals surface area contributed by atoms with Crippen molar-refractivity contribution in [2.45, 2.75) is 19.3 Å². The molecular weight excluding hydrogens is 540 g/mol. The predicted octanol–water partition coefficient (Wildman–Crippen LogP) is 11.2. The summed E-state index contributed by atoms with van der Waals surface area (Å²) in [6.45, 7) is 4.65. The van der Waals surface area contributed by atoms with Crippen molar-refractivity contribution in [1.82, 2.24) is 4.98 Å². The summed E-state index contributed by atoms with van der Waals surface area (Å²) in [5.41, 5.74) is 12.6. The van der Waals surface area contributed by atoms with Gasteiger partial charge in [0.05, 0.1) is 0 Å². The van der Waals surface area contributed by atoms with Crippen LogP contribution in [0.1, 0.15) is 25.0 Å². The van der Waals surface area contributed by atoms with Gasteiger partial charge in [-0.15, -0.1) is 0 Å². The van der Waals surface area contributed by atoms with Crippen LogP contribution in [-0.2, 0) is 5.41 Å². The van der Waals surface area contributed by atoms with Gasteiger partial charge >= 0.3 is 0 Å². The maximum Gasteiger partial charge on any atom is 0.228 e. The third-order valence-electron chi connectivity index (χ3n) is 9.10. The van der Waals surface area contributed by atoms with Gasteiger partial charge in [0.15, 0.2) is 5.58 Å². The van der Waals surface area contributed by atoms with Crippen LogP contribution in [0.3, 0.4) is 0 Å². The van der Waals surface area contributed by atoms with Crippen LogP contribution in [0.4, 0.5) is 17.1 Å². The standard InChI is InChI=1S/C40H28N2O2/c1-40(2)32-15-7-6-13-28(32)29-21-19-27(24-33(29)40)42(25-11-4-3-5-12-25)26-20-22-35-31(23-26)38-30(14-10-18-37(38)43-35)39-41-34-16-8-9-17-36(34)44-39/h3-24H,1-2H3. The molecule has 0 atom stereocenters. The van der Waals surface area contributed by atoms with Crippen LogP contribution in [0.15, 0.2) is 142 Å². The van der Waals surface area contributed by atoms with Crippen LogP contribution < -0.4 is 4.90 Å². The minimum Gasteiger partial charge on any atom is -0.456 e. The summed E-state index contributed by atoms with van der Waals surface area (Å²) < 4.78 is 12.6. The summed E-state index contributed by atoms with van der Waals surface area (Å²) in [6.07, 6.45) is 0.